The molecule has 0 spiro atoms. The van der Waals surface area contributed by atoms with Crippen LogP contribution in [0.1, 0.15) is 25.0 Å². The lowest BCUT2D eigenvalue weighted by molar-refractivity contribution is -0.132. The van der Waals surface area contributed by atoms with Crippen LogP contribution in [-0.4, -0.2) is 58.9 Å². The number of carbonyl (C=O) groups excluding carboxylic acids is 1. The number of aromatic amines is 1. The van der Waals surface area contributed by atoms with Gasteiger partial charge in [0.25, 0.3) is 0 Å². The summed E-state index contributed by atoms with van der Waals surface area (Å²) in [6.07, 6.45) is 5.22. The van der Waals surface area contributed by atoms with E-state index in [1.54, 1.807) is 0 Å². The predicted molar refractivity (Wildman–Crippen MR) is 105 cm³/mol. The molecule has 3 aromatic rings. The van der Waals surface area contributed by atoms with E-state index in [0.29, 0.717) is 18.9 Å². The number of pyridine rings is 1. The molecule has 5 nitrogen and oxygen atoms in total. The molecule has 5 heteroatoms. The summed E-state index contributed by atoms with van der Waals surface area (Å²) in [5.41, 5.74) is 3.15. The summed E-state index contributed by atoms with van der Waals surface area (Å²) in [7, 11) is 4.10. The number of H-pyrrole nitrogens is 1. The Balaban J connectivity index is 1.44. The molecule has 0 radical (unpaired) electrons. The molecule has 1 aliphatic rings. The highest BCUT2D eigenvalue weighted by atomic mass is 16.2. The van der Waals surface area contributed by atoms with Gasteiger partial charge in [0.15, 0.2) is 0 Å². The molecule has 0 saturated carbocycles. The van der Waals surface area contributed by atoms with Gasteiger partial charge in [-0.05, 0) is 51.5 Å². The van der Waals surface area contributed by atoms with Gasteiger partial charge in [-0.1, -0.05) is 18.2 Å². The van der Waals surface area contributed by atoms with Crippen molar-refractivity contribution in [2.75, 3.05) is 27.2 Å². The van der Waals surface area contributed by atoms with Gasteiger partial charge < -0.3 is 14.8 Å². The van der Waals surface area contributed by atoms with E-state index in [-0.39, 0.29) is 5.91 Å². The molecule has 1 aromatic carbocycles. The number of nitrogens with zero attached hydrogens (tertiary/aromatic N) is 3. The SMILES string of the molecule is CN1CCC(N(C)C(=O)CCc2cc3c(cn2)[nH]c2ccccc23)CC1. The minimum atomic E-state index is 0.223. The number of aryl methyl sites for hydroxylation is 1. The van der Waals surface area contributed by atoms with Crippen LogP contribution in [0, 0.1) is 0 Å². The first-order valence-corrected chi connectivity index (χ1v) is 9.41. The Hall–Kier alpha value is -2.40. The van der Waals surface area contributed by atoms with Crippen molar-refractivity contribution in [1.82, 2.24) is 19.8 Å². The first-order chi connectivity index (χ1) is 12.6. The number of amides is 1. The highest BCUT2D eigenvalue weighted by Crippen LogP contribution is 2.25. The van der Waals surface area contributed by atoms with Gasteiger partial charge in [0.05, 0.1) is 11.7 Å². The Bertz CT molecular complexity index is 924. The average molecular weight is 350 g/mol. The fourth-order valence-electron chi connectivity index (χ4n) is 3.93. The maximum absolute atomic E-state index is 12.6. The molecule has 3 heterocycles. The number of piperidine rings is 1. The summed E-state index contributed by atoms with van der Waals surface area (Å²) in [5, 5.41) is 2.39. The fraction of sp³-hybridized carbons (Fsp3) is 0.429. The Labute approximate surface area is 154 Å². The number of aromatic nitrogens is 2. The van der Waals surface area contributed by atoms with Gasteiger partial charge in [0, 0.05) is 41.5 Å². The molecule has 1 N–H and O–H groups in total. The average Bonchev–Trinajstić information content (AvgIpc) is 3.04. The van der Waals surface area contributed by atoms with E-state index >= 15 is 0 Å². The number of benzene rings is 1. The zero-order valence-electron chi connectivity index (χ0n) is 15.5. The molecule has 1 amide bonds. The van der Waals surface area contributed by atoms with E-state index in [1.807, 2.05) is 24.2 Å². The van der Waals surface area contributed by atoms with E-state index in [0.717, 1.165) is 42.7 Å². The van der Waals surface area contributed by atoms with Gasteiger partial charge in [0.2, 0.25) is 5.91 Å². The van der Waals surface area contributed by atoms with Gasteiger partial charge in [-0.2, -0.15) is 0 Å². The minimum absolute atomic E-state index is 0.223. The molecule has 0 aliphatic carbocycles. The molecular weight excluding hydrogens is 324 g/mol. The van der Waals surface area contributed by atoms with Crippen LogP contribution in [0.25, 0.3) is 21.8 Å². The number of hydrogen-bond acceptors (Lipinski definition) is 3. The van der Waals surface area contributed by atoms with Crippen LogP contribution in [0.5, 0.6) is 0 Å². The number of para-hydroxylation sites is 1. The summed E-state index contributed by atoms with van der Waals surface area (Å²) >= 11 is 0. The van der Waals surface area contributed by atoms with Gasteiger partial charge >= 0.3 is 0 Å². The molecule has 0 unspecified atom stereocenters. The second kappa shape index (κ2) is 7.08. The second-order valence-electron chi connectivity index (χ2n) is 7.43. The Morgan fingerprint density at radius 2 is 2.00 bits per heavy atom. The minimum Gasteiger partial charge on any atom is -0.353 e. The summed E-state index contributed by atoms with van der Waals surface area (Å²) < 4.78 is 0. The predicted octanol–water partition coefficient (Wildman–Crippen LogP) is 3.20. The summed E-state index contributed by atoms with van der Waals surface area (Å²) in [6.45, 7) is 2.14. The third kappa shape index (κ3) is 3.31. The molecule has 1 fully saturated rings. The van der Waals surface area contributed by atoms with Crippen LogP contribution < -0.4 is 0 Å². The smallest absolute Gasteiger partial charge is 0.222 e. The lowest BCUT2D eigenvalue weighted by atomic mass is 10.0. The monoisotopic (exact) mass is 350 g/mol. The maximum Gasteiger partial charge on any atom is 0.222 e. The number of likely N-dealkylation sites (tertiary alicyclic amines) is 1. The zero-order valence-corrected chi connectivity index (χ0v) is 15.5. The largest absolute Gasteiger partial charge is 0.353 e. The van der Waals surface area contributed by atoms with Crippen LogP contribution in [-0.2, 0) is 11.2 Å². The molecule has 0 atom stereocenters. The molecule has 136 valence electrons. The van der Waals surface area contributed by atoms with Crippen LogP contribution in [0.4, 0.5) is 0 Å². The first kappa shape index (κ1) is 17.0. The molecule has 0 bridgehead atoms. The van der Waals surface area contributed by atoms with Gasteiger partial charge in [-0.3, -0.25) is 9.78 Å². The second-order valence-corrected chi connectivity index (χ2v) is 7.43. The number of nitrogens with one attached hydrogen (secondary N) is 1. The molecule has 2 aromatic heterocycles. The van der Waals surface area contributed by atoms with E-state index in [1.165, 1.54) is 10.8 Å². The highest BCUT2D eigenvalue weighted by molar-refractivity contribution is 6.06. The lowest BCUT2D eigenvalue weighted by Crippen LogP contribution is -2.44. The fourth-order valence-corrected chi connectivity index (χ4v) is 3.93. The quantitative estimate of drug-likeness (QED) is 0.786. The van der Waals surface area contributed by atoms with Crippen molar-refractivity contribution in [2.24, 2.45) is 0 Å². The van der Waals surface area contributed by atoms with Gasteiger partial charge in [-0.25, -0.2) is 0 Å². The molecule has 1 saturated heterocycles. The summed E-state index contributed by atoms with van der Waals surface area (Å²) in [5.74, 6) is 0.223. The normalized spacial score (nSPS) is 16.4. The van der Waals surface area contributed by atoms with E-state index in [9.17, 15) is 4.79 Å². The molecular formula is C21H26N4O. The van der Waals surface area contributed by atoms with Gasteiger partial charge in [0.1, 0.15) is 0 Å². The van der Waals surface area contributed by atoms with Crippen molar-refractivity contribution >= 4 is 27.7 Å². The van der Waals surface area contributed by atoms with Crippen LogP contribution in [0.3, 0.4) is 0 Å². The van der Waals surface area contributed by atoms with Gasteiger partial charge in [-0.15, -0.1) is 0 Å². The number of hydrogen-bond donors (Lipinski definition) is 1. The summed E-state index contributed by atoms with van der Waals surface area (Å²) in [6, 6.07) is 10.8. The third-order valence-electron chi connectivity index (χ3n) is 5.67. The molecule has 4 rings (SSSR count). The standard InChI is InChI=1S/C21H26N4O/c1-24-11-9-16(10-12-24)25(2)21(26)8-7-15-13-18-17-5-3-4-6-19(17)23-20(18)14-22-15/h3-6,13-14,16,23H,7-12H2,1-2H3. The first-order valence-electron chi connectivity index (χ1n) is 9.41. The van der Waals surface area contributed by atoms with Crippen LogP contribution in [0.15, 0.2) is 36.5 Å². The number of fused-ring (bicyclic) bond motifs is 3. The number of carbonyl (C=O) groups is 1. The lowest BCUT2D eigenvalue weighted by Gasteiger charge is -2.35. The number of rotatable bonds is 4. The van der Waals surface area contributed by atoms with Crippen molar-refractivity contribution in [1.29, 1.82) is 0 Å². The topological polar surface area (TPSA) is 52.2 Å². The van der Waals surface area contributed by atoms with Crippen molar-refractivity contribution in [2.45, 2.75) is 31.7 Å². The van der Waals surface area contributed by atoms with Crippen LogP contribution >= 0.6 is 0 Å². The maximum atomic E-state index is 12.6. The van der Waals surface area contributed by atoms with Crippen LogP contribution in [0.2, 0.25) is 0 Å². The Morgan fingerprint density at radius 3 is 2.81 bits per heavy atom. The van der Waals surface area contributed by atoms with E-state index < -0.39 is 0 Å². The molecule has 26 heavy (non-hydrogen) atoms. The highest BCUT2D eigenvalue weighted by Gasteiger charge is 2.23. The van der Waals surface area contributed by atoms with Crippen molar-refractivity contribution in [3.63, 3.8) is 0 Å². The molecule has 1 aliphatic heterocycles. The van der Waals surface area contributed by atoms with Crippen molar-refractivity contribution < 1.29 is 4.79 Å². The third-order valence-corrected chi connectivity index (χ3v) is 5.67. The van der Waals surface area contributed by atoms with Crippen molar-refractivity contribution in [3.8, 4) is 0 Å². The van der Waals surface area contributed by atoms with E-state index in [2.05, 4.69) is 46.2 Å². The Kier molecular flexibility index (Phi) is 4.64. The Morgan fingerprint density at radius 1 is 1.23 bits per heavy atom. The zero-order chi connectivity index (χ0) is 18.1. The van der Waals surface area contributed by atoms with Crippen molar-refractivity contribution in [3.05, 3.63) is 42.2 Å². The van der Waals surface area contributed by atoms with E-state index in [4.69, 9.17) is 0 Å². The summed E-state index contributed by atoms with van der Waals surface area (Å²) in [4.78, 5) is 24.8.